The minimum absolute atomic E-state index is 0.00420. The first-order valence-corrected chi connectivity index (χ1v) is 9.49. The van der Waals surface area contributed by atoms with E-state index in [0.717, 1.165) is 22.5 Å². The highest BCUT2D eigenvalue weighted by Crippen LogP contribution is 2.47. The summed E-state index contributed by atoms with van der Waals surface area (Å²) in [4.78, 5) is 0. The number of hydrogen-bond donors (Lipinski definition) is 1. The number of hydrogen-bond acceptors (Lipinski definition) is 5. The minimum Gasteiger partial charge on any atom is -0.491 e. The van der Waals surface area contributed by atoms with Crippen LogP contribution in [0.4, 0.5) is 0 Å². The Balaban J connectivity index is 1.95. The summed E-state index contributed by atoms with van der Waals surface area (Å²) >= 11 is 0. The lowest BCUT2D eigenvalue weighted by molar-refractivity contribution is 0.239. The third-order valence-electron chi connectivity index (χ3n) is 4.83. The Kier molecular flexibility index (Phi) is 4.73. The Morgan fingerprint density at radius 2 is 1.83 bits per heavy atom. The molecule has 0 saturated carbocycles. The van der Waals surface area contributed by atoms with Crippen LogP contribution < -0.4 is 15.2 Å². The van der Waals surface area contributed by atoms with Crippen molar-refractivity contribution < 1.29 is 9.47 Å². The molecule has 6 nitrogen and oxygen atoms in total. The van der Waals surface area contributed by atoms with E-state index in [4.69, 9.17) is 20.3 Å². The average molecular weight is 386 g/mol. The second kappa shape index (κ2) is 7.36. The van der Waals surface area contributed by atoms with Crippen LogP contribution in [0.5, 0.6) is 11.6 Å². The predicted molar refractivity (Wildman–Crippen MR) is 110 cm³/mol. The lowest BCUT2D eigenvalue weighted by Gasteiger charge is -2.26. The fourth-order valence-electron chi connectivity index (χ4n) is 3.65. The molecule has 1 aromatic heterocycles. The smallest absolute Gasteiger partial charge is 0.229 e. The molecule has 1 atom stereocenters. The number of para-hydroxylation sites is 2. The maximum atomic E-state index is 9.87. The first-order chi connectivity index (χ1) is 14.0. The molecule has 2 aromatic carbocycles. The molecule has 29 heavy (non-hydrogen) atoms. The number of nitrogens with zero attached hydrogens (tertiary/aromatic N) is 3. The van der Waals surface area contributed by atoms with Crippen molar-refractivity contribution in [3.63, 3.8) is 0 Å². The summed E-state index contributed by atoms with van der Waals surface area (Å²) in [6.07, 6.45) is -0.00420. The van der Waals surface area contributed by atoms with Gasteiger partial charge < -0.3 is 15.2 Å². The Labute approximate surface area is 169 Å². The van der Waals surface area contributed by atoms with E-state index < -0.39 is 5.92 Å². The van der Waals surface area contributed by atoms with Crippen LogP contribution in [-0.2, 0) is 0 Å². The second-order valence-electron chi connectivity index (χ2n) is 7.18. The summed E-state index contributed by atoms with van der Waals surface area (Å²) in [5.74, 6) is 0.903. The molecule has 0 spiro atoms. The molecule has 3 aromatic rings. The molecule has 1 aliphatic heterocycles. The Bertz CT molecular complexity index is 1120. The van der Waals surface area contributed by atoms with E-state index in [9.17, 15) is 5.26 Å². The van der Waals surface area contributed by atoms with E-state index in [1.807, 2.05) is 75.4 Å². The largest absolute Gasteiger partial charge is 0.491 e. The van der Waals surface area contributed by atoms with Crippen LogP contribution in [0.25, 0.3) is 5.69 Å². The van der Waals surface area contributed by atoms with Gasteiger partial charge in [-0.3, -0.25) is 0 Å². The predicted octanol–water partition coefficient (Wildman–Crippen LogP) is 4.19. The number of nitriles is 1. The molecular weight excluding hydrogens is 364 g/mol. The van der Waals surface area contributed by atoms with Crippen LogP contribution in [0.1, 0.15) is 36.6 Å². The number of nitrogens with two attached hydrogens (primary N) is 1. The zero-order valence-corrected chi connectivity index (χ0v) is 16.6. The maximum Gasteiger partial charge on any atom is 0.229 e. The van der Waals surface area contributed by atoms with Gasteiger partial charge in [-0.25, -0.2) is 4.68 Å². The third kappa shape index (κ3) is 3.21. The standard InChI is InChI=1S/C23H22N4O2/c1-14(2)28-19-12-8-7-11-17(19)21-18(13-24)22(25)29-23-20(21)15(3)26-27(23)16-9-5-4-6-10-16/h4-12,14,21H,25H2,1-3H3/t21-/m0/s1. The van der Waals surface area contributed by atoms with Gasteiger partial charge in [-0.1, -0.05) is 36.4 Å². The lowest BCUT2D eigenvalue weighted by Crippen LogP contribution is -2.22. The third-order valence-corrected chi connectivity index (χ3v) is 4.83. The SMILES string of the molecule is Cc1nn(-c2ccccc2)c2c1[C@@H](c1ccccc1OC(C)C)C(C#N)=C(N)O2. The summed E-state index contributed by atoms with van der Waals surface area (Å²) in [6.45, 7) is 5.86. The number of aryl methyl sites for hydroxylation is 1. The Hall–Kier alpha value is -3.72. The molecule has 6 heteroatoms. The summed E-state index contributed by atoms with van der Waals surface area (Å²) in [6, 6.07) is 19.7. The van der Waals surface area contributed by atoms with Gasteiger partial charge in [0.1, 0.15) is 17.4 Å². The topological polar surface area (TPSA) is 86.1 Å². The molecular formula is C23H22N4O2. The molecule has 0 amide bonds. The average Bonchev–Trinajstić information content (AvgIpc) is 3.04. The fourth-order valence-corrected chi connectivity index (χ4v) is 3.65. The summed E-state index contributed by atoms with van der Waals surface area (Å²) in [5.41, 5.74) is 9.86. The normalized spacial score (nSPS) is 15.6. The Morgan fingerprint density at radius 3 is 2.52 bits per heavy atom. The van der Waals surface area contributed by atoms with E-state index in [1.54, 1.807) is 4.68 Å². The van der Waals surface area contributed by atoms with Gasteiger partial charge in [-0.2, -0.15) is 10.4 Å². The Morgan fingerprint density at radius 1 is 1.14 bits per heavy atom. The van der Waals surface area contributed by atoms with E-state index in [2.05, 4.69) is 6.07 Å². The number of ether oxygens (including phenoxy) is 2. The molecule has 2 N–H and O–H groups in total. The molecule has 0 bridgehead atoms. The lowest BCUT2D eigenvalue weighted by atomic mass is 9.83. The van der Waals surface area contributed by atoms with Crippen molar-refractivity contribution in [3.05, 3.63) is 82.9 Å². The highest BCUT2D eigenvalue weighted by molar-refractivity contribution is 5.59. The number of fused-ring (bicyclic) bond motifs is 1. The maximum absolute atomic E-state index is 9.87. The van der Waals surface area contributed by atoms with Crippen LogP contribution in [0.3, 0.4) is 0 Å². The molecule has 0 radical (unpaired) electrons. The fraction of sp³-hybridized carbons (Fsp3) is 0.217. The van der Waals surface area contributed by atoms with Crippen molar-refractivity contribution in [1.82, 2.24) is 9.78 Å². The van der Waals surface area contributed by atoms with Crippen LogP contribution in [0, 0.1) is 18.3 Å². The van der Waals surface area contributed by atoms with Crippen molar-refractivity contribution in [2.45, 2.75) is 32.8 Å². The van der Waals surface area contributed by atoms with Crippen molar-refractivity contribution >= 4 is 0 Å². The van der Waals surface area contributed by atoms with Crippen molar-refractivity contribution in [2.24, 2.45) is 5.73 Å². The molecule has 0 unspecified atom stereocenters. The van der Waals surface area contributed by atoms with Gasteiger partial charge in [0.05, 0.1) is 29.0 Å². The number of allylic oxidation sites excluding steroid dienone is 1. The second-order valence-corrected chi connectivity index (χ2v) is 7.18. The molecule has 4 rings (SSSR count). The van der Waals surface area contributed by atoms with Crippen LogP contribution in [-0.4, -0.2) is 15.9 Å². The molecule has 0 fully saturated rings. The van der Waals surface area contributed by atoms with Gasteiger partial charge in [-0.05, 0) is 39.0 Å². The zero-order chi connectivity index (χ0) is 20.5. The van der Waals surface area contributed by atoms with Gasteiger partial charge in [-0.15, -0.1) is 0 Å². The van der Waals surface area contributed by atoms with Crippen LogP contribution >= 0.6 is 0 Å². The van der Waals surface area contributed by atoms with Crippen molar-refractivity contribution in [3.8, 4) is 23.4 Å². The molecule has 1 aliphatic rings. The summed E-state index contributed by atoms with van der Waals surface area (Å²) in [5, 5.41) is 14.6. The highest BCUT2D eigenvalue weighted by Gasteiger charge is 2.37. The van der Waals surface area contributed by atoms with Gasteiger partial charge in [0.25, 0.3) is 0 Å². The van der Waals surface area contributed by atoms with Crippen LogP contribution in [0.2, 0.25) is 0 Å². The number of rotatable bonds is 4. The minimum atomic E-state index is -0.420. The first kappa shape index (κ1) is 18.6. The van der Waals surface area contributed by atoms with Gasteiger partial charge >= 0.3 is 0 Å². The summed E-state index contributed by atoms with van der Waals surface area (Å²) in [7, 11) is 0. The highest BCUT2D eigenvalue weighted by atomic mass is 16.5. The van der Waals surface area contributed by atoms with Gasteiger partial charge in [0.2, 0.25) is 11.8 Å². The number of aromatic nitrogens is 2. The van der Waals surface area contributed by atoms with Crippen molar-refractivity contribution in [1.29, 1.82) is 5.26 Å². The summed E-state index contributed by atoms with van der Waals surface area (Å²) < 4.78 is 13.7. The van der Waals surface area contributed by atoms with E-state index in [0.29, 0.717) is 17.2 Å². The van der Waals surface area contributed by atoms with Crippen LogP contribution in [0.15, 0.2) is 66.1 Å². The molecule has 0 aliphatic carbocycles. The van der Waals surface area contributed by atoms with E-state index >= 15 is 0 Å². The van der Waals surface area contributed by atoms with Gasteiger partial charge in [0, 0.05) is 5.56 Å². The molecule has 146 valence electrons. The molecule has 0 saturated heterocycles. The van der Waals surface area contributed by atoms with Gasteiger partial charge in [0.15, 0.2) is 0 Å². The van der Waals surface area contributed by atoms with E-state index in [1.165, 1.54) is 0 Å². The first-order valence-electron chi connectivity index (χ1n) is 9.49. The number of benzene rings is 2. The quantitative estimate of drug-likeness (QED) is 0.727. The van der Waals surface area contributed by atoms with Crippen molar-refractivity contribution in [2.75, 3.05) is 0 Å². The van der Waals surface area contributed by atoms with E-state index in [-0.39, 0.29) is 12.0 Å². The zero-order valence-electron chi connectivity index (χ0n) is 16.6. The monoisotopic (exact) mass is 386 g/mol. The molecule has 2 heterocycles.